The Balaban J connectivity index is 1.47. The summed E-state index contributed by atoms with van der Waals surface area (Å²) in [7, 11) is 0. The number of carbonyl (C=O) groups is 2. The normalized spacial score (nSPS) is 18.0. The van der Waals surface area contributed by atoms with Gasteiger partial charge in [0.15, 0.2) is 0 Å². The van der Waals surface area contributed by atoms with E-state index in [4.69, 9.17) is 0 Å². The summed E-state index contributed by atoms with van der Waals surface area (Å²) < 4.78 is 13.1. The number of amides is 2. The molecule has 4 nitrogen and oxygen atoms in total. The second-order valence-corrected chi connectivity index (χ2v) is 7.93. The van der Waals surface area contributed by atoms with Crippen LogP contribution in [-0.2, 0) is 22.6 Å². The third-order valence-electron chi connectivity index (χ3n) is 5.82. The number of hydrogen-bond donors (Lipinski definition) is 1. The minimum absolute atomic E-state index is 0.0287. The molecular formula is C26H25FN2O2. The lowest BCUT2D eigenvalue weighted by Crippen LogP contribution is -2.35. The number of rotatable bonds is 6. The quantitative estimate of drug-likeness (QED) is 0.662. The lowest BCUT2D eigenvalue weighted by atomic mass is 9.88. The van der Waals surface area contributed by atoms with Gasteiger partial charge >= 0.3 is 0 Å². The molecule has 0 bridgehead atoms. The van der Waals surface area contributed by atoms with Crippen LogP contribution < -0.4 is 5.32 Å². The molecule has 3 aromatic rings. The van der Waals surface area contributed by atoms with Gasteiger partial charge in [-0.2, -0.15) is 0 Å². The van der Waals surface area contributed by atoms with E-state index >= 15 is 0 Å². The number of hydrogen-bond acceptors (Lipinski definition) is 2. The van der Waals surface area contributed by atoms with Crippen molar-refractivity contribution in [2.24, 2.45) is 5.92 Å². The van der Waals surface area contributed by atoms with Crippen molar-refractivity contribution in [3.63, 3.8) is 0 Å². The highest BCUT2D eigenvalue weighted by Gasteiger charge is 2.40. The maximum atomic E-state index is 13.1. The zero-order valence-electron chi connectivity index (χ0n) is 17.2. The van der Waals surface area contributed by atoms with Gasteiger partial charge < -0.3 is 10.2 Å². The third-order valence-corrected chi connectivity index (χ3v) is 5.82. The molecule has 158 valence electrons. The maximum Gasteiger partial charge on any atom is 0.227 e. The highest BCUT2D eigenvalue weighted by atomic mass is 19.1. The van der Waals surface area contributed by atoms with Crippen LogP contribution in [0.15, 0.2) is 84.9 Å². The van der Waals surface area contributed by atoms with Gasteiger partial charge in [0.2, 0.25) is 11.8 Å². The Labute approximate surface area is 181 Å². The summed E-state index contributed by atoms with van der Waals surface area (Å²) in [5.41, 5.74) is 2.86. The second-order valence-electron chi connectivity index (χ2n) is 7.93. The van der Waals surface area contributed by atoms with E-state index in [1.54, 1.807) is 17.0 Å². The molecule has 1 aliphatic heterocycles. The van der Waals surface area contributed by atoms with Crippen molar-refractivity contribution in [2.75, 3.05) is 13.1 Å². The van der Waals surface area contributed by atoms with Crippen molar-refractivity contribution < 1.29 is 14.0 Å². The molecule has 1 aliphatic rings. The number of benzene rings is 3. The highest BCUT2D eigenvalue weighted by molar-refractivity contribution is 5.84. The predicted molar refractivity (Wildman–Crippen MR) is 118 cm³/mol. The molecule has 0 aromatic heterocycles. The van der Waals surface area contributed by atoms with Crippen LogP contribution in [-0.4, -0.2) is 29.8 Å². The first-order chi connectivity index (χ1) is 15.1. The maximum absolute atomic E-state index is 13.1. The molecule has 0 unspecified atom stereocenters. The van der Waals surface area contributed by atoms with Crippen molar-refractivity contribution in [1.82, 2.24) is 10.2 Å². The fraction of sp³-hybridized carbons (Fsp3) is 0.231. The molecule has 3 aromatic carbocycles. The summed E-state index contributed by atoms with van der Waals surface area (Å²) in [6, 6.07) is 25.6. The fourth-order valence-electron chi connectivity index (χ4n) is 4.12. The third kappa shape index (κ3) is 5.18. The Morgan fingerprint density at radius 2 is 1.48 bits per heavy atom. The lowest BCUT2D eigenvalue weighted by molar-refractivity contribution is -0.130. The largest absolute Gasteiger partial charge is 0.352 e. The molecule has 0 spiro atoms. The van der Waals surface area contributed by atoms with E-state index in [2.05, 4.69) is 5.32 Å². The minimum Gasteiger partial charge on any atom is -0.352 e. The summed E-state index contributed by atoms with van der Waals surface area (Å²) in [5.74, 6) is -0.756. The van der Waals surface area contributed by atoms with Crippen LogP contribution in [0.5, 0.6) is 0 Å². The molecule has 1 saturated heterocycles. The van der Waals surface area contributed by atoms with E-state index in [-0.39, 0.29) is 29.5 Å². The standard InChI is InChI=1S/C26H25FN2O2/c27-22-13-11-20(12-14-22)16-28-26(31)24-18-29(17-23(24)21-9-5-2-6-10-21)25(30)15-19-7-3-1-4-8-19/h1-14,23-24H,15-18H2,(H,28,31)/t23-,24+/m1/s1. The molecule has 5 heteroatoms. The van der Waals surface area contributed by atoms with Crippen LogP contribution in [0.4, 0.5) is 4.39 Å². The Hall–Kier alpha value is -3.47. The molecule has 0 aliphatic carbocycles. The minimum atomic E-state index is -0.331. The lowest BCUT2D eigenvalue weighted by Gasteiger charge is -2.18. The molecular weight excluding hydrogens is 391 g/mol. The van der Waals surface area contributed by atoms with Gasteiger partial charge in [-0.15, -0.1) is 0 Å². The first-order valence-corrected chi connectivity index (χ1v) is 10.5. The summed E-state index contributed by atoms with van der Waals surface area (Å²) in [6.45, 7) is 1.24. The zero-order chi connectivity index (χ0) is 21.6. The van der Waals surface area contributed by atoms with Gasteiger partial charge in [-0.3, -0.25) is 9.59 Å². The van der Waals surface area contributed by atoms with Gasteiger partial charge in [-0.1, -0.05) is 72.8 Å². The van der Waals surface area contributed by atoms with E-state index in [0.29, 0.717) is 26.1 Å². The van der Waals surface area contributed by atoms with Crippen molar-refractivity contribution in [2.45, 2.75) is 18.9 Å². The van der Waals surface area contributed by atoms with E-state index in [1.165, 1.54) is 12.1 Å². The van der Waals surface area contributed by atoms with Gasteiger partial charge in [0.05, 0.1) is 12.3 Å². The van der Waals surface area contributed by atoms with Gasteiger partial charge in [-0.25, -0.2) is 4.39 Å². The van der Waals surface area contributed by atoms with E-state index < -0.39 is 0 Å². The van der Waals surface area contributed by atoms with Crippen LogP contribution >= 0.6 is 0 Å². The average Bonchev–Trinajstić information content (AvgIpc) is 3.26. The van der Waals surface area contributed by atoms with Crippen molar-refractivity contribution >= 4 is 11.8 Å². The highest BCUT2D eigenvalue weighted by Crippen LogP contribution is 2.33. The van der Waals surface area contributed by atoms with Crippen molar-refractivity contribution in [1.29, 1.82) is 0 Å². The van der Waals surface area contributed by atoms with Gasteiger partial charge in [0, 0.05) is 25.6 Å². The van der Waals surface area contributed by atoms with E-state index in [1.807, 2.05) is 60.7 Å². The Bertz CT molecular complexity index is 1020. The average molecular weight is 416 g/mol. The summed E-state index contributed by atoms with van der Waals surface area (Å²) in [6.07, 6.45) is 0.326. The molecule has 1 heterocycles. The van der Waals surface area contributed by atoms with Gasteiger partial charge in [-0.05, 0) is 28.8 Å². The molecule has 1 fully saturated rings. The second kappa shape index (κ2) is 9.56. The Morgan fingerprint density at radius 3 is 2.16 bits per heavy atom. The number of nitrogens with one attached hydrogen (secondary N) is 1. The van der Waals surface area contributed by atoms with Gasteiger partial charge in [0.1, 0.15) is 5.82 Å². The number of carbonyl (C=O) groups excluding carboxylic acids is 2. The summed E-state index contributed by atoms with van der Waals surface area (Å²) >= 11 is 0. The first kappa shape index (κ1) is 20.8. The molecule has 1 N–H and O–H groups in total. The molecule has 2 amide bonds. The Morgan fingerprint density at radius 1 is 0.839 bits per heavy atom. The van der Waals surface area contributed by atoms with E-state index in [9.17, 15) is 14.0 Å². The monoisotopic (exact) mass is 416 g/mol. The topological polar surface area (TPSA) is 49.4 Å². The molecule has 2 atom stereocenters. The van der Waals surface area contributed by atoms with Crippen LogP contribution in [0.2, 0.25) is 0 Å². The fourth-order valence-corrected chi connectivity index (χ4v) is 4.12. The molecule has 4 rings (SSSR count). The molecule has 0 radical (unpaired) electrons. The van der Waals surface area contributed by atoms with Crippen molar-refractivity contribution in [3.05, 3.63) is 107 Å². The van der Waals surface area contributed by atoms with Gasteiger partial charge in [0.25, 0.3) is 0 Å². The number of nitrogens with zero attached hydrogens (tertiary/aromatic N) is 1. The smallest absolute Gasteiger partial charge is 0.227 e. The predicted octanol–water partition coefficient (Wildman–Crippen LogP) is 3.93. The first-order valence-electron chi connectivity index (χ1n) is 10.5. The van der Waals surface area contributed by atoms with E-state index in [0.717, 1.165) is 16.7 Å². The molecule has 0 saturated carbocycles. The number of halogens is 1. The van der Waals surface area contributed by atoms with Crippen LogP contribution in [0.1, 0.15) is 22.6 Å². The van der Waals surface area contributed by atoms with Crippen LogP contribution in [0.25, 0.3) is 0 Å². The summed E-state index contributed by atoms with van der Waals surface area (Å²) in [5, 5.41) is 2.97. The van der Waals surface area contributed by atoms with Crippen LogP contribution in [0, 0.1) is 11.7 Å². The number of likely N-dealkylation sites (tertiary alicyclic amines) is 1. The Kier molecular flexibility index (Phi) is 6.41. The molecule has 31 heavy (non-hydrogen) atoms. The SMILES string of the molecule is O=C(NCc1ccc(F)cc1)[C@H]1CN(C(=O)Cc2ccccc2)C[C@@H]1c1ccccc1. The summed E-state index contributed by atoms with van der Waals surface area (Å²) in [4.78, 5) is 27.8. The van der Waals surface area contributed by atoms with Crippen molar-refractivity contribution in [3.8, 4) is 0 Å². The zero-order valence-corrected chi connectivity index (χ0v) is 17.2. The van der Waals surface area contributed by atoms with Crippen LogP contribution in [0.3, 0.4) is 0 Å².